The van der Waals surface area contributed by atoms with Crippen LogP contribution in [-0.2, 0) is 21.0 Å². The lowest BCUT2D eigenvalue weighted by Crippen LogP contribution is -2.52. The van der Waals surface area contributed by atoms with E-state index >= 15 is 0 Å². The van der Waals surface area contributed by atoms with E-state index < -0.39 is 34.2 Å². The number of rotatable bonds is 5. The van der Waals surface area contributed by atoms with Crippen molar-refractivity contribution < 1.29 is 26.4 Å². The van der Waals surface area contributed by atoms with E-state index in [9.17, 15) is 26.4 Å². The van der Waals surface area contributed by atoms with Crippen molar-refractivity contribution in [1.29, 1.82) is 0 Å². The number of alkyl halides is 3. The molecule has 1 fully saturated rings. The maximum Gasteiger partial charge on any atom is 0.416 e. The number of carbonyl (C=O) groups excluding carboxylic acids is 1. The Balaban J connectivity index is 1.68. The van der Waals surface area contributed by atoms with Crippen LogP contribution in [0.25, 0.3) is 0 Å². The van der Waals surface area contributed by atoms with Gasteiger partial charge in [0.05, 0.1) is 27.6 Å². The number of nitrogens with zero attached hydrogens (tertiary/aromatic N) is 3. The minimum Gasteiger partial charge on any atom is -0.368 e. The Kier molecular flexibility index (Phi) is 7.16. The van der Waals surface area contributed by atoms with Gasteiger partial charge in [0, 0.05) is 31.9 Å². The van der Waals surface area contributed by atoms with E-state index in [-0.39, 0.29) is 28.8 Å². The van der Waals surface area contributed by atoms with Crippen molar-refractivity contribution in [3.63, 3.8) is 0 Å². The normalized spacial score (nSPS) is 15.1. The van der Waals surface area contributed by atoms with Crippen LogP contribution in [0.1, 0.15) is 5.56 Å². The van der Waals surface area contributed by atoms with Gasteiger partial charge in [0.2, 0.25) is 15.9 Å². The number of amides is 1. The SMILES string of the molecule is CS(=O)(=O)N(CC(=O)N1CCN(c2cccc(C(F)(F)F)c2)CC1)c1ccc(Cl)c(Cl)c1. The first-order valence-corrected chi connectivity index (χ1v) is 12.1. The van der Waals surface area contributed by atoms with Crippen LogP contribution in [0, 0.1) is 0 Å². The Morgan fingerprint density at radius 1 is 1.03 bits per heavy atom. The molecule has 174 valence electrons. The van der Waals surface area contributed by atoms with E-state index in [2.05, 4.69) is 0 Å². The van der Waals surface area contributed by atoms with Crippen LogP contribution < -0.4 is 9.21 Å². The topological polar surface area (TPSA) is 60.9 Å². The van der Waals surface area contributed by atoms with Gasteiger partial charge in [-0.1, -0.05) is 29.3 Å². The Morgan fingerprint density at radius 3 is 2.25 bits per heavy atom. The summed E-state index contributed by atoms with van der Waals surface area (Å²) in [5.41, 5.74) is -0.114. The van der Waals surface area contributed by atoms with Crippen molar-refractivity contribution in [3.8, 4) is 0 Å². The fraction of sp³-hybridized carbons (Fsp3) is 0.350. The van der Waals surface area contributed by atoms with Crippen LogP contribution in [0.15, 0.2) is 42.5 Å². The molecule has 1 aliphatic rings. The largest absolute Gasteiger partial charge is 0.416 e. The first-order valence-electron chi connectivity index (χ1n) is 9.49. The van der Waals surface area contributed by atoms with Gasteiger partial charge in [-0.2, -0.15) is 13.2 Å². The third-order valence-corrected chi connectivity index (χ3v) is 6.92. The van der Waals surface area contributed by atoms with Gasteiger partial charge in [-0.25, -0.2) is 8.42 Å². The molecule has 1 saturated heterocycles. The number of sulfonamides is 1. The first-order chi connectivity index (χ1) is 14.9. The molecule has 0 aromatic heterocycles. The van der Waals surface area contributed by atoms with E-state index in [0.717, 1.165) is 22.7 Å². The molecule has 0 atom stereocenters. The zero-order chi connectivity index (χ0) is 23.7. The summed E-state index contributed by atoms with van der Waals surface area (Å²) in [5.74, 6) is -0.426. The van der Waals surface area contributed by atoms with Crippen LogP contribution in [0.5, 0.6) is 0 Å². The molecule has 1 aliphatic heterocycles. The van der Waals surface area contributed by atoms with Gasteiger partial charge in [-0.05, 0) is 36.4 Å². The van der Waals surface area contributed by atoms with E-state index in [4.69, 9.17) is 23.2 Å². The highest BCUT2D eigenvalue weighted by Crippen LogP contribution is 2.32. The lowest BCUT2D eigenvalue weighted by molar-refractivity contribution is -0.137. The summed E-state index contributed by atoms with van der Waals surface area (Å²) >= 11 is 11.9. The molecule has 3 rings (SSSR count). The van der Waals surface area contributed by atoms with Crippen LogP contribution in [-0.4, -0.2) is 58.2 Å². The van der Waals surface area contributed by atoms with Crippen LogP contribution in [0.3, 0.4) is 0 Å². The second-order valence-corrected chi connectivity index (χ2v) is 10.0. The van der Waals surface area contributed by atoms with Crippen molar-refractivity contribution >= 4 is 50.5 Å². The number of carbonyl (C=O) groups is 1. The third kappa shape index (κ3) is 5.79. The molecule has 0 aliphatic carbocycles. The summed E-state index contributed by atoms with van der Waals surface area (Å²) in [6.07, 6.45) is -3.46. The van der Waals surface area contributed by atoms with E-state index in [0.29, 0.717) is 18.8 Å². The molecule has 0 bridgehead atoms. The highest BCUT2D eigenvalue weighted by molar-refractivity contribution is 7.92. The fourth-order valence-electron chi connectivity index (χ4n) is 3.36. The zero-order valence-electron chi connectivity index (χ0n) is 16.9. The predicted octanol–water partition coefficient (Wildman–Crippen LogP) is 4.13. The number of hydrogen-bond donors (Lipinski definition) is 0. The third-order valence-electron chi connectivity index (χ3n) is 5.04. The van der Waals surface area contributed by atoms with Crippen LogP contribution >= 0.6 is 23.2 Å². The Bertz CT molecular complexity index is 1100. The molecule has 1 amide bonds. The molecule has 2 aromatic rings. The lowest BCUT2D eigenvalue weighted by Gasteiger charge is -2.37. The first kappa shape index (κ1) is 24.5. The van der Waals surface area contributed by atoms with Crippen molar-refractivity contribution in [3.05, 3.63) is 58.1 Å². The standard InChI is InChI=1S/C20H20Cl2F3N3O3S/c1-32(30,31)28(16-5-6-17(21)18(22)12-16)13-19(29)27-9-7-26(8-10-27)15-4-2-3-14(11-15)20(23,24)25/h2-6,11-12H,7-10,13H2,1H3. The molecular weight excluding hydrogens is 490 g/mol. The molecule has 0 unspecified atom stereocenters. The summed E-state index contributed by atoms with van der Waals surface area (Å²) in [4.78, 5) is 16.0. The van der Waals surface area contributed by atoms with Crippen LogP contribution in [0.2, 0.25) is 10.0 Å². The molecule has 0 N–H and O–H groups in total. The molecule has 0 radical (unpaired) electrons. The number of benzene rings is 2. The molecule has 2 aromatic carbocycles. The molecule has 12 heteroatoms. The smallest absolute Gasteiger partial charge is 0.368 e. The molecule has 32 heavy (non-hydrogen) atoms. The van der Waals surface area contributed by atoms with Crippen molar-refractivity contribution in [2.75, 3.05) is 48.2 Å². The van der Waals surface area contributed by atoms with Crippen molar-refractivity contribution in [2.24, 2.45) is 0 Å². The van der Waals surface area contributed by atoms with E-state index in [1.54, 1.807) is 11.0 Å². The van der Waals surface area contributed by atoms with Crippen molar-refractivity contribution in [1.82, 2.24) is 4.90 Å². The zero-order valence-corrected chi connectivity index (χ0v) is 19.3. The van der Waals surface area contributed by atoms with Crippen molar-refractivity contribution in [2.45, 2.75) is 6.18 Å². The van der Waals surface area contributed by atoms with Gasteiger partial charge < -0.3 is 9.80 Å². The number of halogens is 5. The Morgan fingerprint density at radius 2 is 1.69 bits per heavy atom. The minimum absolute atomic E-state index is 0.153. The lowest BCUT2D eigenvalue weighted by atomic mass is 10.1. The van der Waals surface area contributed by atoms with Gasteiger partial charge in [0.15, 0.2) is 0 Å². The maximum absolute atomic E-state index is 13.0. The van der Waals surface area contributed by atoms with Gasteiger partial charge in [-0.15, -0.1) is 0 Å². The summed E-state index contributed by atoms with van der Waals surface area (Å²) < 4.78 is 64.4. The van der Waals surface area contributed by atoms with Gasteiger partial charge in [-0.3, -0.25) is 9.10 Å². The molecule has 1 heterocycles. The van der Waals surface area contributed by atoms with Gasteiger partial charge in [0.25, 0.3) is 0 Å². The van der Waals surface area contributed by atoms with Gasteiger partial charge in [0.1, 0.15) is 6.54 Å². The highest BCUT2D eigenvalue weighted by atomic mass is 35.5. The summed E-state index contributed by atoms with van der Waals surface area (Å²) in [6.45, 7) is 0.694. The van der Waals surface area contributed by atoms with Gasteiger partial charge >= 0.3 is 6.18 Å². The number of piperazine rings is 1. The number of hydrogen-bond acceptors (Lipinski definition) is 4. The summed E-state index contributed by atoms with van der Waals surface area (Å²) in [7, 11) is -3.79. The summed E-state index contributed by atoms with van der Waals surface area (Å²) in [6, 6.07) is 9.27. The molecular formula is C20H20Cl2F3N3O3S. The quantitative estimate of drug-likeness (QED) is 0.607. The minimum atomic E-state index is -4.44. The van der Waals surface area contributed by atoms with Crippen LogP contribution in [0.4, 0.5) is 24.5 Å². The predicted molar refractivity (Wildman–Crippen MR) is 119 cm³/mol. The number of anilines is 2. The second kappa shape index (κ2) is 9.36. The molecule has 6 nitrogen and oxygen atoms in total. The maximum atomic E-state index is 13.0. The summed E-state index contributed by atoms with van der Waals surface area (Å²) in [5, 5.41) is 0.404. The Hall–Kier alpha value is -2.17. The average molecular weight is 510 g/mol. The van der Waals surface area contributed by atoms with E-state index in [1.165, 1.54) is 29.2 Å². The second-order valence-electron chi connectivity index (χ2n) is 7.28. The highest BCUT2D eigenvalue weighted by Gasteiger charge is 2.32. The molecule has 0 spiro atoms. The van der Waals surface area contributed by atoms with E-state index in [1.807, 2.05) is 0 Å². The monoisotopic (exact) mass is 509 g/mol. The average Bonchev–Trinajstić information content (AvgIpc) is 2.73. The molecule has 0 saturated carbocycles. The Labute approximate surface area is 194 Å². The fourth-order valence-corrected chi connectivity index (χ4v) is 4.49.